The molecule has 1 aromatic rings. The standard InChI is InChI=1S/C11H13Cl2NO2/c1-11(2,3)10(16)14-8-4-6(12)7(13)5-9(8)15/h4-5,15H,1-3H3,(H,14,16). The third-order valence-corrected chi connectivity index (χ3v) is 2.69. The van der Waals surface area contributed by atoms with Crippen molar-refractivity contribution in [2.45, 2.75) is 20.8 Å². The van der Waals surface area contributed by atoms with Gasteiger partial charge in [0, 0.05) is 11.5 Å². The van der Waals surface area contributed by atoms with Crippen LogP contribution in [0.1, 0.15) is 20.8 Å². The van der Waals surface area contributed by atoms with Gasteiger partial charge in [-0.15, -0.1) is 0 Å². The van der Waals surface area contributed by atoms with E-state index in [2.05, 4.69) is 5.32 Å². The molecule has 2 N–H and O–H groups in total. The van der Waals surface area contributed by atoms with E-state index in [0.717, 1.165) is 0 Å². The van der Waals surface area contributed by atoms with Crippen LogP contribution in [0.25, 0.3) is 0 Å². The largest absolute Gasteiger partial charge is 0.506 e. The minimum absolute atomic E-state index is 0.105. The molecule has 1 amide bonds. The second kappa shape index (κ2) is 4.52. The highest BCUT2D eigenvalue weighted by Gasteiger charge is 2.22. The number of aromatic hydroxyl groups is 1. The molecule has 1 aromatic carbocycles. The predicted molar refractivity (Wildman–Crippen MR) is 66.2 cm³/mol. The van der Waals surface area contributed by atoms with E-state index in [1.807, 2.05) is 0 Å². The molecule has 0 saturated heterocycles. The summed E-state index contributed by atoms with van der Waals surface area (Å²) in [5.41, 5.74) is -0.284. The third kappa shape index (κ3) is 3.03. The van der Waals surface area contributed by atoms with Crippen molar-refractivity contribution in [3.05, 3.63) is 22.2 Å². The molecule has 0 aliphatic rings. The Hall–Kier alpha value is -0.930. The Bertz CT molecular complexity index is 425. The monoisotopic (exact) mass is 261 g/mol. The fraction of sp³-hybridized carbons (Fsp3) is 0.364. The van der Waals surface area contributed by atoms with Crippen LogP contribution in [0, 0.1) is 5.41 Å². The predicted octanol–water partition coefficient (Wildman–Crippen LogP) is 3.68. The molecule has 5 heteroatoms. The fourth-order valence-electron chi connectivity index (χ4n) is 0.946. The van der Waals surface area contributed by atoms with Gasteiger partial charge in [-0.25, -0.2) is 0 Å². The minimum Gasteiger partial charge on any atom is -0.506 e. The van der Waals surface area contributed by atoms with Crippen LogP contribution < -0.4 is 5.32 Å². The normalized spacial score (nSPS) is 11.3. The van der Waals surface area contributed by atoms with Crippen LogP contribution in [-0.2, 0) is 4.79 Å². The summed E-state index contributed by atoms with van der Waals surface area (Å²) < 4.78 is 0. The number of carbonyl (C=O) groups is 1. The van der Waals surface area contributed by atoms with Crippen molar-refractivity contribution in [1.82, 2.24) is 0 Å². The third-order valence-electron chi connectivity index (χ3n) is 1.97. The van der Waals surface area contributed by atoms with Gasteiger partial charge in [0.15, 0.2) is 0 Å². The van der Waals surface area contributed by atoms with Gasteiger partial charge in [-0.2, -0.15) is 0 Å². The van der Waals surface area contributed by atoms with E-state index < -0.39 is 5.41 Å². The molecule has 3 nitrogen and oxygen atoms in total. The number of anilines is 1. The number of nitrogens with one attached hydrogen (secondary N) is 1. The number of phenols is 1. The van der Waals surface area contributed by atoms with Gasteiger partial charge in [-0.3, -0.25) is 4.79 Å². The van der Waals surface area contributed by atoms with E-state index in [0.29, 0.717) is 0 Å². The number of amides is 1. The fourth-order valence-corrected chi connectivity index (χ4v) is 1.27. The smallest absolute Gasteiger partial charge is 0.229 e. The maximum Gasteiger partial charge on any atom is 0.229 e. The molecule has 0 aliphatic carbocycles. The van der Waals surface area contributed by atoms with Crippen LogP contribution in [0.3, 0.4) is 0 Å². The Kier molecular flexibility index (Phi) is 3.71. The SMILES string of the molecule is CC(C)(C)C(=O)Nc1cc(Cl)c(Cl)cc1O. The summed E-state index contributed by atoms with van der Waals surface area (Å²) in [4.78, 5) is 11.7. The molecule has 16 heavy (non-hydrogen) atoms. The molecule has 0 radical (unpaired) electrons. The lowest BCUT2D eigenvalue weighted by molar-refractivity contribution is -0.123. The van der Waals surface area contributed by atoms with Crippen molar-refractivity contribution in [2.75, 3.05) is 5.32 Å². The molecular formula is C11H13Cl2NO2. The van der Waals surface area contributed by atoms with Crippen LogP contribution in [0.15, 0.2) is 12.1 Å². The van der Waals surface area contributed by atoms with Crippen LogP contribution in [0.4, 0.5) is 5.69 Å². The first-order chi connectivity index (χ1) is 7.21. The number of carbonyl (C=O) groups excluding carboxylic acids is 1. The van der Waals surface area contributed by atoms with Gasteiger partial charge in [0.05, 0.1) is 15.7 Å². The topological polar surface area (TPSA) is 49.3 Å². The molecule has 0 atom stereocenters. The molecular weight excluding hydrogens is 249 g/mol. The number of benzene rings is 1. The maximum absolute atomic E-state index is 11.7. The Balaban J connectivity index is 2.99. The van der Waals surface area contributed by atoms with Gasteiger partial charge in [0.2, 0.25) is 5.91 Å². The van der Waals surface area contributed by atoms with Crippen LogP contribution >= 0.6 is 23.2 Å². The zero-order valence-corrected chi connectivity index (χ0v) is 10.8. The Labute approximate surface area is 104 Å². The summed E-state index contributed by atoms with van der Waals surface area (Å²) in [6.07, 6.45) is 0. The molecule has 0 saturated carbocycles. The lowest BCUT2D eigenvalue weighted by atomic mass is 9.95. The quantitative estimate of drug-likeness (QED) is 0.758. The van der Waals surface area contributed by atoms with Gasteiger partial charge >= 0.3 is 0 Å². The van der Waals surface area contributed by atoms with Crippen molar-refractivity contribution >= 4 is 34.8 Å². The van der Waals surface area contributed by atoms with E-state index in [-0.39, 0.29) is 27.4 Å². The molecule has 0 aliphatic heterocycles. The summed E-state index contributed by atoms with van der Waals surface area (Å²) in [5, 5.41) is 12.7. The maximum atomic E-state index is 11.7. The zero-order valence-electron chi connectivity index (χ0n) is 9.27. The van der Waals surface area contributed by atoms with Gasteiger partial charge < -0.3 is 10.4 Å². The number of halogens is 2. The van der Waals surface area contributed by atoms with Gasteiger partial charge in [0.25, 0.3) is 0 Å². The van der Waals surface area contributed by atoms with Crippen molar-refractivity contribution in [2.24, 2.45) is 5.41 Å². The first-order valence-corrected chi connectivity index (χ1v) is 5.47. The van der Waals surface area contributed by atoms with E-state index in [4.69, 9.17) is 23.2 Å². The van der Waals surface area contributed by atoms with Gasteiger partial charge in [-0.05, 0) is 6.07 Å². The Morgan fingerprint density at radius 1 is 1.25 bits per heavy atom. The van der Waals surface area contributed by atoms with Crippen molar-refractivity contribution in [3.8, 4) is 5.75 Å². The first kappa shape index (κ1) is 13.1. The number of hydrogen-bond acceptors (Lipinski definition) is 2. The molecule has 0 spiro atoms. The first-order valence-electron chi connectivity index (χ1n) is 4.71. The number of phenolic OH excluding ortho intramolecular Hbond substituents is 1. The van der Waals surface area contributed by atoms with E-state index in [1.54, 1.807) is 20.8 Å². The van der Waals surface area contributed by atoms with Crippen LogP contribution in [-0.4, -0.2) is 11.0 Å². The highest BCUT2D eigenvalue weighted by Crippen LogP contribution is 2.34. The van der Waals surface area contributed by atoms with Crippen molar-refractivity contribution in [1.29, 1.82) is 0 Å². The number of rotatable bonds is 1. The zero-order chi connectivity index (χ0) is 12.5. The highest BCUT2D eigenvalue weighted by atomic mass is 35.5. The lowest BCUT2D eigenvalue weighted by Crippen LogP contribution is -2.27. The Morgan fingerprint density at radius 2 is 1.75 bits per heavy atom. The van der Waals surface area contributed by atoms with E-state index in [9.17, 15) is 9.90 Å². The summed E-state index contributed by atoms with van der Waals surface area (Å²) >= 11 is 11.5. The summed E-state index contributed by atoms with van der Waals surface area (Å²) in [6.45, 7) is 5.32. The lowest BCUT2D eigenvalue weighted by Gasteiger charge is -2.18. The molecule has 0 aromatic heterocycles. The molecule has 0 unspecified atom stereocenters. The summed E-state index contributed by atoms with van der Waals surface area (Å²) in [6, 6.07) is 2.71. The molecule has 88 valence electrons. The molecule has 0 bridgehead atoms. The molecule has 0 heterocycles. The highest BCUT2D eigenvalue weighted by molar-refractivity contribution is 6.42. The van der Waals surface area contributed by atoms with Crippen LogP contribution in [0.2, 0.25) is 10.0 Å². The van der Waals surface area contributed by atoms with Gasteiger partial charge in [-0.1, -0.05) is 44.0 Å². The van der Waals surface area contributed by atoms with E-state index in [1.165, 1.54) is 12.1 Å². The second-order valence-electron chi connectivity index (χ2n) is 4.49. The van der Waals surface area contributed by atoms with Crippen molar-refractivity contribution in [3.63, 3.8) is 0 Å². The van der Waals surface area contributed by atoms with E-state index >= 15 is 0 Å². The average molecular weight is 262 g/mol. The molecule has 1 rings (SSSR count). The Morgan fingerprint density at radius 3 is 2.25 bits per heavy atom. The molecule has 0 fully saturated rings. The summed E-state index contributed by atoms with van der Waals surface area (Å²) in [5.74, 6) is -0.312. The second-order valence-corrected chi connectivity index (χ2v) is 5.30. The average Bonchev–Trinajstić information content (AvgIpc) is 2.12. The summed E-state index contributed by atoms with van der Waals surface area (Å²) in [7, 11) is 0. The van der Waals surface area contributed by atoms with Crippen LogP contribution in [0.5, 0.6) is 5.75 Å². The number of hydrogen-bond donors (Lipinski definition) is 2. The minimum atomic E-state index is -0.543. The van der Waals surface area contributed by atoms with Gasteiger partial charge in [0.1, 0.15) is 5.75 Å². The van der Waals surface area contributed by atoms with Crippen molar-refractivity contribution < 1.29 is 9.90 Å².